The molecule has 1 fully saturated rings. The Kier molecular flexibility index (Phi) is 6.10. The molecule has 0 bridgehead atoms. The molecule has 2 heterocycles. The van der Waals surface area contributed by atoms with Gasteiger partial charge in [0.05, 0.1) is 13.2 Å². The zero-order chi connectivity index (χ0) is 15.1. The Morgan fingerprint density at radius 3 is 2.57 bits per heavy atom. The van der Waals surface area contributed by atoms with Crippen molar-refractivity contribution in [3.05, 3.63) is 24.5 Å². The van der Waals surface area contributed by atoms with Gasteiger partial charge < -0.3 is 10.4 Å². The summed E-state index contributed by atoms with van der Waals surface area (Å²) in [5.74, 6) is 0.00356. The number of rotatable bonds is 6. The van der Waals surface area contributed by atoms with Crippen molar-refractivity contribution in [1.82, 2.24) is 14.8 Å². The van der Waals surface area contributed by atoms with Gasteiger partial charge >= 0.3 is 0 Å². The highest BCUT2D eigenvalue weighted by molar-refractivity contribution is 5.92. The van der Waals surface area contributed by atoms with Crippen molar-refractivity contribution in [2.24, 2.45) is 0 Å². The third-order valence-electron chi connectivity index (χ3n) is 3.94. The van der Waals surface area contributed by atoms with Gasteiger partial charge in [-0.25, -0.2) is 0 Å². The van der Waals surface area contributed by atoms with E-state index in [1.165, 1.54) is 0 Å². The van der Waals surface area contributed by atoms with Crippen molar-refractivity contribution in [2.45, 2.75) is 19.4 Å². The predicted molar refractivity (Wildman–Crippen MR) is 82.0 cm³/mol. The fraction of sp³-hybridized carbons (Fsp3) is 0.600. The number of aliphatic hydroxyl groups excluding tert-OH is 1. The molecule has 6 nitrogen and oxygen atoms in total. The number of hydrogen-bond acceptors (Lipinski definition) is 5. The lowest BCUT2D eigenvalue weighted by Gasteiger charge is -2.38. The lowest BCUT2D eigenvalue weighted by Crippen LogP contribution is -2.52. The van der Waals surface area contributed by atoms with Crippen LogP contribution in [0.3, 0.4) is 0 Å². The number of aliphatic hydroxyl groups is 1. The third-order valence-corrected chi connectivity index (χ3v) is 3.94. The molecule has 1 aromatic rings. The summed E-state index contributed by atoms with van der Waals surface area (Å²) in [6, 6.07) is 3.81. The minimum absolute atomic E-state index is 0.00356. The minimum Gasteiger partial charge on any atom is -0.395 e. The first-order valence-electron chi connectivity index (χ1n) is 7.50. The van der Waals surface area contributed by atoms with Crippen LogP contribution in [-0.4, -0.2) is 71.2 Å². The third kappa shape index (κ3) is 4.77. The molecular weight excluding hydrogens is 268 g/mol. The summed E-state index contributed by atoms with van der Waals surface area (Å²) in [7, 11) is 0. The standard InChI is InChI=1S/C15H24N4O2/c1-2-14(12-20)19-9-7-18(8-10-19)11-15(21)17-13-3-5-16-6-4-13/h3-6,14,20H,2,7-12H2,1H3,(H,16,17,21). The number of carbonyl (C=O) groups is 1. The van der Waals surface area contributed by atoms with Crippen molar-refractivity contribution in [3.63, 3.8) is 0 Å². The quantitative estimate of drug-likeness (QED) is 0.795. The summed E-state index contributed by atoms with van der Waals surface area (Å²) < 4.78 is 0. The summed E-state index contributed by atoms with van der Waals surface area (Å²) in [6.07, 6.45) is 4.28. The number of carbonyl (C=O) groups excluding carboxylic acids is 1. The molecule has 116 valence electrons. The van der Waals surface area contributed by atoms with Gasteiger partial charge in [-0.1, -0.05) is 6.92 Å². The normalized spacial score (nSPS) is 18.4. The molecule has 6 heteroatoms. The monoisotopic (exact) mass is 292 g/mol. The molecule has 1 amide bonds. The maximum Gasteiger partial charge on any atom is 0.238 e. The molecule has 21 heavy (non-hydrogen) atoms. The van der Waals surface area contributed by atoms with Gasteiger partial charge in [0.15, 0.2) is 0 Å². The van der Waals surface area contributed by atoms with Crippen molar-refractivity contribution in [2.75, 3.05) is 44.6 Å². The van der Waals surface area contributed by atoms with E-state index in [9.17, 15) is 9.90 Å². The second-order valence-electron chi connectivity index (χ2n) is 5.34. The fourth-order valence-electron chi connectivity index (χ4n) is 2.63. The predicted octanol–water partition coefficient (Wildman–Crippen LogP) is 0.409. The summed E-state index contributed by atoms with van der Waals surface area (Å²) in [4.78, 5) is 20.4. The van der Waals surface area contributed by atoms with Crippen molar-refractivity contribution in [1.29, 1.82) is 0 Å². The maximum absolute atomic E-state index is 12.0. The first kappa shape index (κ1) is 15.9. The van der Waals surface area contributed by atoms with Crippen LogP contribution < -0.4 is 5.32 Å². The van der Waals surface area contributed by atoms with Gasteiger partial charge in [-0.2, -0.15) is 0 Å². The first-order chi connectivity index (χ1) is 10.2. The van der Waals surface area contributed by atoms with Crippen LogP contribution in [0.5, 0.6) is 0 Å². The number of aromatic nitrogens is 1. The molecule has 0 spiro atoms. The second-order valence-corrected chi connectivity index (χ2v) is 5.34. The Labute approximate surface area is 125 Å². The Balaban J connectivity index is 1.74. The highest BCUT2D eigenvalue weighted by Crippen LogP contribution is 2.09. The molecule has 1 aliphatic heterocycles. The number of piperazine rings is 1. The molecule has 0 radical (unpaired) electrons. The van der Waals surface area contributed by atoms with E-state index < -0.39 is 0 Å². The molecule has 0 aromatic carbocycles. The van der Waals surface area contributed by atoms with E-state index in [1.54, 1.807) is 24.5 Å². The average Bonchev–Trinajstić information content (AvgIpc) is 2.51. The van der Waals surface area contributed by atoms with Crippen LogP contribution in [0.4, 0.5) is 5.69 Å². The Hall–Kier alpha value is -1.50. The van der Waals surface area contributed by atoms with E-state index in [0.29, 0.717) is 6.54 Å². The van der Waals surface area contributed by atoms with Crippen LogP contribution in [0.2, 0.25) is 0 Å². The Bertz CT molecular complexity index is 429. The Morgan fingerprint density at radius 1 is 1.33 bits per heavy atom. The van der Waals surface area contributed by atoms with E-state index in [2.05, 4.69) is 27.0 Å². The maximum atomic E-state index is 12.0. The molecular formula is C15H24N4O2. The fourth-order valence-corrected chi connectivity index (χ4v) is 2.63. The SMILES string of the molecule is CCC(CO)N1CCN(CC(=O)Nc2ccncc2)CC1. The molecule has 0 aliphatic carbocycles. The second kappa shape index (κ2) is 8.07. The molecule has 1 aromatic heterocycles. The van der Waals surface area contributed by atoms with E-state index >= 15 is 0 Å². The number of hydrogen-bond donors (Lipinski definition) is 2. The molecule has 1 saturated heterocycles. The van der Waals surface area contributed by atoms with Crippen molar-refractivity contribution in [3.8, 4) is 0 Å². The van der Waals surface area contributed by atoms with Gasteiger partial charge in [0.2, 0.25) is 5.91 Å². The first-order valence-corrected chi connectivity index (χ1v) is 7.50. The highest BCUT2D eigenvalue weighted by atomic mass is 16.3. The summed E-state index contributed by atoms with van der Waals surface area (Å²) >= 11 is 0. The van der Waals surface area contributed by atoms with Gasteiger partial charge in [0.25, 0.3) is 0 Å². The summed E-state index contributed by atoms with van der Waals surface area (Å²) in [5.41, 5.74) is 0.778. The van der Waals surface area contributed by atoms with Crippen LogP contribution in [0.25, 0.3) is 0 Å². The minimum atomic E-state index is 0.00356. The highest BCUT2D eigenvalue weighted by Gasteiger charge is 2.23. The largest absolute Gasteiger partial charge is 0.395 e. The number of nitrogens with zero attached hydrogens (tertiary/aromatic N) is 3. The van der Waals surface area contributed by atoms with Crippen LogP contribution in [-0.2, 0) is 4.79 Å². The van der Waals surface area contributed by atoms with E-state index in [0.717, 1.165) is 38.3 Å². The molecule has 1 unspecified atom stereocenters. The average molecular weight is 292 g/mol. The zero-order valence-corrected chi connectivity index (χ0v) is 12.5. The van der Waals surface area contributed by atoms with Crippen LogP contribution >= 0.6 is 0 Å². The van der Waals surface area contributed by atoms with Crippen LogP contribution in [0, 0.1) is 0 Å². The number of amides is 1. The molecule has 1 aliphatic rings. The zero-order valence-electron chi connectivity index (χ0n) is 12.5. The van der Waals surface area contributed by atoms with Crippen molar-refractivity contribution >= 4 is 11.6 Å². The van der Waals surface area contributed by atoms with E-state index in [4.69, 9.17) is 0 Å². The molecule has 1 atom stereocenters. The number of nitrogens with one attached hydrogen (secondary N) is 1. The van der Waals surface area contributed by atoms with E-state index in [-0.39, 0.29) is 18.6 Å². The molecule has 2 N–H and O–H groups in total. The van der Waals surface area contributed by atoms with Gasteiger partial charge in [-0.3, -0.25) is 19.6 Å². The lowest BCUT2D eigenvalue weighted by atomic mass is 10.1. The van der Waals surface area contributed by atoms with E-state index in [1.807, 2.05) is 0 Å². The van der Waals surface area contributed by atoms with Gasteiger partial charge in [0, 0.05) is 50.3 Å². The molecule has 2 rings (SSSR count). The molecule has 0 saturated carbocycles. The van der Waals surface area contributed by atoms with Crippen LogP contribution in [0.1, 0.15) is 13.3 Å². The Morgan fingerprint density at radius 2 is 2.00 bits per heavy atom. The smallest absolute Gasteiger partial charge is 0.238 e. The number of anilines is 1. The number of pyridine rings is 1. The van der Waals surface area contributed by atoms with Gasteiger partial charge in [0.1, 0.15) is 0 Å². The van der Waals surface area contributed by atoms with Crippen molar-refractivity contribution < 1.29 is 9.90 Å². The van der Waals surface area contributed by atoms with Gasteiger partial charge in [-0.05, 0) is 18.6 Å². The van der Waals surface area contributed by atoms with Gasteiger partial charge in [-0.15, -0.1) is 0 Å². The lowest BCUT2D eigenvalue weighted by molar-refractivity contribution is -0.117. The summed E-state index contributed by atoms with van der Waals surface area (Å²) in [5, 5.41) is 12.2. The summed E-state index contributed by atoms with van der Waals surface area (Å²) in [6.45, 7) is 6.24. The topological polar surface area (TPSA) is 68.7 Å². The van der Waals surface area contributed by atoms with Crippen LogP contribution in [0.15, 0.2) is 24.5 Å².